The molecule has 0 saturated carbocycles. The van der Waals surface area contributed by atoms with Crippen LogP contribution >= 0.6 is 0 Å². The van der Waals surface area contributed by atoms with E-state index in [-0.39, 0.29) is 6.04 Å². The molecule has 2 rings (SSSR count). The molecule has 0 N–H and O–H groups in total. The smallest absolute Gasteiger partial charge is 0.128 e. The molecule has 2 aromatic rings. The van der Waals surface area contributed by atoms with Gasteiger partial charge in [0, 0.05) is 6.21 Å². The maximum atomic E-state index is 5.61. The minimum Gasteiger partial charge on any atom is -0.464 e. The first-order valence-electron chi connectivity index (χ1n) is 5.94. The summed E-state index contributed by atoms with van der Waals surface area (Å²) in [5.74, 6) is 1.88. The number of benzene rings is 1. The second-order valence-electron chi connectivity index (χ2n) is 4.06. The van der Waals surface area contributed by atoms with E-state index < -0.39 is 0 Å². The molecule has 88 valence electrons. The Balaban J connectivity index is 2.13. The average Bonchev–Trinajstić information content (AvgIpc) is 2.78. The van der Waals surface area contributed by atoms with E-state index in [2.05, 4.69) is 11.9 Å². The molecule has 0 fully saturated rings. The molecule has 0 bridgehead atoms. The molecule has 0 spiro atoms. The number of nitrogens with zero attached hydrogens (tertiary/aromatic N) is 1. The molecule has 0 amide bonds. The van der Waals surface area contributed by atoms with Gasteiger partial charge in [0.2, 0.25) is 0 Å². The van der Waals surface area contributed by atoms with E-state index >= 15 is 0 Å². The Morgan fingerprint density at radius 2 is 1.94 bits per heavy atom. The highest BCUT2D eigenvalue weighted by molar-refractivity contribution is 5.79. The average molecular weight is 227 g/mol. The predicted octanol–water partition coefficient (Wildman–Crippen LogP) is 4.16. The molecule has 1 heterocycles. The molecule has 1 atom stereocenters. The van der Waals surface area contributed by atoms with Crippen molar-refractivity contribution in [1.82, 2.24) is 0 Å². The van der Waals surface area contributed by atoms with Gasteiger partial charge in [0.1, 0.15) is 17.6 Å². The Morgan fingerprint density at radius 1 is 1.18 bits per heavy atom. The molecule has 17 heavy (non-hydrogen) atoms. The minimum atomic E-state index is 0.115. The van der Waals surface area contributed by atoms with Gasteiger partial charge in [-0.15, -0.1) is 0 Å². The van der Waals surface area contributed by atoms with E-state index in [0.717, 1.165) is 23.5 Å². The summed E-state index contributed by atoms with van der Waals surface area (Å²) in [6, 6.07) is 14.2. The van der Waals surface area contributed by atoms with Gasteiger partial charge < -0.3 is 4.42 Å². The van der Waals surface area contributed by atoms with Crippen LogP contribution in [-0.4, -0.2) is 6.21 Å². The minimum absolute atomic E-state index is 0.115. The van der Waals surface area contributed by atoms with E-state index in [1.165, 1.54) is 0 Å². The molecule has 1 aromatic carbocycles. The van der Waals surface area contributed by atoms with E-state index in [4.69, 9.17) is 4.42 Å². The fraction of sp³-hybridized carbons (Fsp3) is 0.267. The second kappa shape index (κ2) is 5.48. The second-order valence-corrected chi connectivity index (χ2v) is 4.06. The fourth-order valence-electron chi connectivity index (χ4n) is 1.73. The van der Waals surface area contributed by atoms with Crippen molar-refractivity contribution in [1.29, 1.82) is 0 Å². The number of aliphatic imine (C=N–C) groups is 1. The Hall–Kier alpha value is -1.83. The van der Waals surface area contributed by atoms with Gasteiger partial charge in [-0.25, -0.2) is 0 Å². The van der Waals surface area contributed by atoms with Gasteiger partial charge in [-0.05, 0) is 31.0 Å². The monoisotopic (exact) mass is 227 g/mol. The van der Waals surface area contributed by atoms with Gasteiger partial charge in [0.05, 0.1) is 0 Å². The lowest BCUT2D eigenvalue weighted by atomic mass is 10.2. The fourth-order valence-corrected chi connectivity index (χ4v) is 1.73. The largest absolute Gasteiger partial charge is 0.464 e. The SMILES string of the molecule is CCC(/N=C/c1ccccc1)c1ccc(C)o1. The number of hydrogen-bond acceptors (Lipinski definition) is 2. The van der Waals surface area contributed by atoms with E-state index in [0.29, 0.717) is 0 Å². The van der Waals surface area contributed by atoms with E-state index in [1.54, 1.807) is 0 Å². The normalized spacial score (nSPS) is 13.1. The molecular formula is C15H17NO. The first kappa shape index (κ1) is 11.6. The van der Waals surface area contributed by atoms with Gasteiger partial charge in [-0.3, -0.25) is 4.99 Å². The maximum Gasteiger partial charge on any atom is 0.128 e. The summed E-state index contributed by atoms with van der Waals surface area (Å²) in [6.07, 6.45) is 2.85. The van der Waals surface area contributed by atoms with Crippen molar-refractivity contribution in [3.63, 3.8) is 0 Å². The third-order valence-electron chi connectivity index (χ3n) is 2.68. The van der Waals surface area contributed by atoms with Crippen molar-refractivity contribution in [3.8, 4) is 0 Å². The zero-order valence-electron chi connectivity index (χ0n) is 10.3. The zero-order valence-corrected chi connectivity index (χ0v) is 10.3. The predicted molar refractivity (Wildman–Crippen MR) is 70.5 cm³/mol. The Labute approximate surface area is 102 Å². The highest BCUT2D eigenvalue weighted by atomic mass is 16.3. The van der Waals surface area contributed by atoms with Gasteiger partial charge in [0.25, 0.3) is 0 Å². The van der Waals surface area contributed by atoms with Gasteiger partial charge in [-0.1, -0.05) is 37.3 Å². The summed E-state index contributed by atoms with van der Waals surface area (Å²) < 4.78 is 5.61. The lowest BCUT2D eigenvalue weighted by Crippen LogP contribution is -1.92. The van der Waals surface area contributed by atoms with Crippen molar-refractivity contribution < 1.29 is 4.42 Å². The van der Waals surface area contributed by atoms with Crippen LogP contribution in [-0.2, 0) is 0 Å². The third-order valence-corrected chi connectivity index (χ3v) is 2.68. The van der Waals surface area contributed by atoms with Crippen LogP contribution < -0.4 is 0 Å². The standard InChI is InChI=1S/C15H17NO/c1-3-14(15-10-9-12(2)17-15)16-11-13-7-5-4-6-8-13/h4-11,14H,3H2,1-2H3/b16-11+. The van der Waals surface area contributed by atoms with Crippen LogP contribution in [0.2, 0.25) is 0 Å². The van der Waals surface area contributed by atoms with Crippen LogP contribution in [0.3, 0.4) is 0 Å². The molecular weight excluding hydrogens is 210 g/mol. The molecule has 0 saturated heterocycles. The molecule has 0 aliphatic heterocycles. The summed E-state index contributed by atoms with van der Waals surface area (Å²) in [5.41, 5.74) is 1.12. The van der Waals surface area contributed by atoms with Crippen molar-refractivity contribution in [3.05, 3.63) is 59.5 Å². The Morgan fingerprint density at radius 3 is 2.53 bits per heavy atom. The van der Waals surface area contributed by atoms with Crippen LogP contribution in [0, 0.1) is 6.92 Å². The third kappa shape index (κ3) is 3.06. The molecule has 1 aromatic heterocycles. The van der Waals surface area contributed by atoms with Crippen LogP contribution in [0.5, 0.6) is 0 Å². The summed E-state index contributed by atoms with van der Waals surface area (Å²) in [4.78, 5) is 4.58. The molecule has 2 heteroatoms. The number of aryl methyl sites for hydroxylation is 1. The molecule has 2 nitrogen and oxygen atoms in total. The van der Waals surface area contributed by atoms with Crippen LogP contribution in [0.1, 0.15) is 36.5 Å². The highest BCUT2D eigenvalue weighted by Gasteiger charge is 2.10. The molecule has 1 unspecified atom stereocenters. The lowest BCUT2D eigenvalue weighted by Gasteiger charge is -2.05. The Kier molecular flexibility index (Phi) is 3.76. The highest BCUT2D eigenvalue weighted by Crippen LogP contribution is 2.22. The van der Waals surface area contributed by atoms with Crippen molar-refractivity contribution >= 4 is 6.21 Å². The topological polar surface area (TPSA) is 25.5 Å². The first-order chi connectivity index (χ1) is 8.29. The first-order valence-corrected chi connectivity index (χ1v) is 5.94. The molecule has 0 aliphatic carbocycles. The number of rotatable bonds is 4. The quantitative estimate of drug-likeness (QED) is 0.720. The lowest BCUT2D eigenvalue weighted by molar-refractivity contribution is 0.443. The van der Waals surface area contributed by atoms with Crippen LogP contribution in [0.4, 0.5) is 0 Å². The van der Waals surface area contributed by atoms with E-state index in [9.17, 15) is 0 Å². The van der Waals surface area contributed by atoms with Crippen LogP contribution in [0.15, 0.2) is 51.9 Å². The summed E-state index contributed by atoms with van der Waals surface area (Å²) >= 11 is 0. The Bertz CT molecular complexity index is 485. The summed E-state index contributed by atoms with van der Waals surface area (Å²) in [6.45, 7) is 4.07. The van der Waals surface area contributed by atoms with Gasteiger partial charge in [-0.2, -0.15) is 0 Å². The van der Waals surface area contributed by atoms with Gasteiger partial charge >= 0.3 is 0 Å². The molecule has 0 radical (unpaired) electrons. The van der Waals surface area contributed by atoms with Crippen LogP contribution in [0.25, 0.3) is 0 Å². The van der Waals surface area contributed by atoms with E-state index in [1.807, 2.05) is 55.6 Å². The number of furan rings is 1. The zero-order chi connectivity index (χ0) is 12.1. The summed E-state index contributed by atoms with van der Waals surface area (Å²) in [7, 11) is 0. The van der Waals surface area contributed by atoms with Crippen molar-refractivity contribution in [2.24, 2.45) is 4.99 Å². The maximum absolute atomic E-state index is 5.61. The molecule has 0 aliphatic rings. The van der Waals surface area contributed by atoms with Crippen molar-refractivity contribution in [2.75, 3.05) is 0 Å². The van der Waals surface area contributed by atoms with Crippen molar-refractivity contribution in [2.45, 2.75) is 26.3 Å². The summed E-state index contributed by atoms with van der Waals surface area (Å²) in [5, 5.41) is 0. The van der Waals surface area contributed by atoms with Gasteiger partial charge in [0.15, 0.2) is 0 Å². The number of hydrogen-bond donors (Lipinski definition) is 0.